The first-order chi connectivity index (χ1) is 9.04. The summed E-state index contributed by atoms with van der Waals surface area (Å²) in [5.41, 5.74) is 1.96. The fourth-order valence-electron chi connectivity index (χ4n) is 2.49. The molecule has 19 heavy (non-hydrogen) atoms. The lowest BCUT2D eigenvalue weighted by Gasteiger charge is -2.28. The second kappa shape index (κ2) is 6.40. The van der Waals surface area contributed by atoms with Crippen molar-refractivity contribution in [3.8, 4) is 0 Å². The second-order valence-corrected chi connectivity index (χ2v) is 6.13. The quantitative estimate of drug-likeness (QED) is 0.856. The van der Waals surface area contributed by atoms with Crippen LogP contribution in [-0.4, -0.2) is 30.3 Å². The van der Waals surface area contributed by atoms with Gasteiger partial charge in [0.05, 0.1) is 5.60 Å². The third-order valence-corrected chi connectivity index (χ3v) is 3.54. The largest absolute Gasteiger partial charge is 0.389 e. The van der Waals surface area contributed by atoms with E-state index in [9.17, 15) is 5.11 Å². The van der Waals surface area contributed by atoms with Gasteiger partial charge in [-0.3, -0.25) is 0 Å². The highest BCUT2D eigenvalue weighted by molar-refractivity contribution is 5.47. The number of piperidine rings is 1. The van der Waals surface area contributed by atoms with Crippen LogP contribution in [0.15, 0.2) is 24.3 Å². The third kappa shape index (κ3) is 4.84. The van der Waals surface area contributed by atoms with Gasteiger partial charge in [-0.25, -0.2) is 0 Å². The lowest BCUT2D eigenvalue weighted by Crippen LogP contribution is -2.34. The lowest BCUT2D eigenvalue weighted by molar-refractivity contribution is 0.0795. The van der Waals surface area contributed by atoms with E-state index in [1.54, 1.807) is 0 Å². The summed E-state index contributed by atoms with van der Waals surface area (Å²) in [7, 11) is 0. The molecule has 3 nitrogen and oxygen atoms in total. The number of hydrogen-bond donors (Lipinski definition) is 2. The van der Waals surface area contributed by atoms with Crippen LogP contribution in [0.1, 0.15) is 38.7 Å². The Morgan fingerprint density at radius 2 is 1.74 bits per heavy atom. The van der Waals surface area contributed by atoms with Gasteiger partial charge in [0.2, 0.25) is 0 Å². The monoisotopic (exact) mass is 262 g/mol. The third-order valence-electron chi connectivity index (χ3n) is 3.54. The predicted molar refractivity (Wildman–Crippen MR) is 80.5 cm³/mol. The van der Waals surface area contributed by atoms with Crippen LogP contribution in [0, 0.1) is 0 Å². The van der Waals surface area contributed by atoms with Crippen molar-refractivity contribution in [2.45, 2.75) is 45.3 Å². The van der Waals surface area contributed by atoms with Crippen LogP contribution >= 0.6 is 0 Å². The van der Waals surface area contributed by atoms with E-state index in [0.29, 0.717) is 6.54 Å². The Hall–Kier alpha value is -1.06. The van der Waals surface area contributed by atoms with Gasteiger partial charge in [-0.1, -0.05) is 12.1 Å². The van der Waals surface area contributed by atoms with Crippen molar-refractivity contribution in [3.63, 3.8) is 0 Å². The van der Waals surface area contributed by atoms with Crippen LogP contribution in [0.5, 0.6) is 0 Å². The van der Waals surface area contributed by atoms with Gasteiger partial charge in [0.15, 0.2) is 0 Å². The van der Waals surface area contributed by atoms with E-state index < -0.39 is 5.60 Å². The van der Waals surface area contributed by atoms with E-state index in [4.69, 9.17) is 0 Å². The molecule has 3 heteroatoms. The number of hydrogen-bond acceptors (Lipinski definition) is 3. The summed E-state index contributed by atoms with van der Waals surface area (Å²) >= 11 is 0. The Morgan fingerprint density at radius 1 is 1.11 bits per heavy atom. The van der Waals surface area contributed by atoms with Gasteiger partial charge in [0.25, 0.3) is 0 Å². The first-order valence-corrected chi connectivity index (χ1v) is 7.32. The molecule has 1 heterocycles. The first-order valence-electron chi connectivity index (χ1n) is 7.32. The summed E-state index contributed by atoms with van der Waals surface area (Å²) in [4.78, 5) is 2.47. The minimum absolute atomic E-state index is 0.612. The maximum Gasteiger partial charge on any atom is 0.0715 e. The number of rotatable bonds is 5. The predicted octanol–water partition coefficient (Wildman–Crippen LogP) is 2.54. The standard InChI is InChI=1S/C16H26N2O/c1-16(2,19)13-17-12-14-6-8-15(9-7-14)18-10-4-3-5-11-18/h6-9,17,19H,3-5,10-13H2,1-2H3. The highest BCUT2D eigenvalue weighted by atomic mass is 16.3. The Morgan fingerprint density at radius 3 is 2.32 bits per heavy atom. The zero-order chi connectivity index (χ0) is 13.7. The summed E-state index contributed by atoms with van der Waals surface area (Å²) in [5.74, 6) is 0. The second-order valence-electron chi connectivity index (χ2n) is 6.13. The van der Waals surface area contributed by atoms with Crippen LogP contribution < -0.4 is 10.2 Å². The Labute approximate surface area is 116 Å². The van der Waals surface area contributed by atoms with E-state index in [2.05, 4.69) is 34.5 Å². The molecule has 0 aromatic heterocycles. The summed E-state index contributed by atoms with van der Waals surface area (Å²) in [6.45, 7) is 7.44. The fraction of sp³-hybridized carbons (Fsp3) is 0.625. The molecule has 2 N–H and O–H groups in total. The molecule has 0 saturated carbocycles. The van der Waals surface area contributed by atoms with E-state index >= 15 is 0 Å². The average Bonchev–Trinajstić information content (AvgIpc) is 2.39. The molecular formula is C16H26N2O. The molecule has 0 amide bonds. The highest BCUT2D eigenvalue weighted by Gasteiger charge is 2.12. The van der Waals surface area contributed by atoms with Crippen molar-refractivity contribution in [2.24, 2.45) is 0 Å². The highest BCUT2D eigenvalue weighted by Crippen LogP contribution is 2.20. The molecule has 0 unspecified atom stereocenters. The first kappa shape index (κ1) is 14.4. The van der Waals surface area contributed by atoms with Crippen molar-refractivity contribution in [2.75, 3.05) is 24.5 Å². The van der Waals surface area contributed by atoms with Crippen molar-refractivity contribution in [1.82, 2.24) is 5.32 Å². The van der Waals surface area contributed by atoms with E-state index in [1.165, 1.54) is 43.6 Å². The number of benzene rings is 1. The van der Waals surface area contributed by atoms with Gasteiger partial charge in [0, 0.05) is 31.9 Å². The molecule has 1 aromatic rings. The minimum atomic E-state index is -0.645. The Bertz CT molecular complexity index is 375. The van der Waals surface area contributed by atoms with E-state index in [-0.39, 0.29) is 0 Å². The van der Waals surface area contributed by atoms with Crippen molar-refractivity contribution in [3.05, 3.63) is 29.8 Å². The van der Waals surface area contributed by atoms with Crippen molar-refractivity contribution >= 4 is 5.69 Å². The lowest BCUT2D eigenvalue weighted by atomic mass is 10.1. The van der Waals surface area contributed by atoms with Crippen LogP contribution in [0.25, 0.3) is 0 Å². The molecule has 1 aromatic carbocycles. The molecule has 1 fully saturated rings. The molecular weight excluding hydrogens is 236 g/mol. The van der Waals surface area contributed by atoms with Crippen LogP contribution in [0.2, 0.25) is 0 Å². The van der Waals surface area contributed by atoms with Crippen molar-refractivity contribution in [1.29, 1.82) is 0 Å². The molecule has 0 spiro atoms. The van der Waals surface area contributed by atoms with E-state index in [0.717, 1.165) is 6.54 Å². The zero-order valence-corrected chi connectivity index (χ0v) is 12.2. The Kier molecular flexibility index (Phi) is 4.83. The average molecular weight is 262 g/mol. The van der Waals surface area contributed by atoms with Crippen molar-refractivity contribution < 1.29 is 5.11 Å². The maximum atomic E-state index is 9.64. The summed E-state index contributed by atoms with van der Waals surface area (Å²) in [5, 5.41) is 12.9. The van der Waals surface area contributed by atoms with Gasteiger partial charge in [0.1, 0.15) is 0 Å². The molecule has 106 valence electrons. The normalized spacial score (nSPS) is 16.7. The van der Waals surface area contributed by atoms with Crippen LogP contribution in [-0.2, 0) is 6.54 Å². The number of nitrogens with zero attached hydrogens (tertiary/aromatic N) is 1. The number of anilines is 1. The van der Waals surface area contributed by atoms with Crippen LogP contribution in [0.4, 0.5) is 5.69 Å². The molecule has 0 bridgehead atoms. The summed E-state index contributed by atoms with van der Waals surface area (Å²) in [6.07, 6.45) is 4.00. The smallest absolute Gasteiger partial charge is 0.0715 e. The molecule has 1 aliphatic rings. The van der Waals surface area contributed by atoms with Gasteiger partial charge >= 0.3 is 0 Å². The Balaban J connectivity index is 1.84. The topological polar surface area (TPSA) is 35.5 Å². The van der Waals surface area contributed by atoms with E-state index in [1.807, 2.05) is 13.8 Å². The molecule has 0 atom stereocenters. The molecule has 2 rings (SSSR count). The molecule has 0 radical (unpaired) electrons. The fourth-order valence-corrected chi connectivity index (χ4v) is 2.49. The number of aliphatic hydroxyl groups is 1. The number of nitrogens with one attached hydrogen (secondary N) is 1. The van der Waals surface area contributed by atoms with Gasteiger partial charge in [-0.2, -0.15) is 0 Å². The SMILES string of the molecule is CC(C)(O)CNCc1ccc(N2CCCCC2)cc1. The molecule has 0 aliphatic carbocycles. The van der Waals surface area contributed by atoms with Gasteiger partial charge in [-0.05, 0) is 50.8 Å². The maximum absolute atomic E-state index is 9.64. The van der Waals surface area contributed by atoms with Gasteiger partial charge < -0.3 is 15.3 Å². The zero-order valence-electron chi connectivity index (χ0n) is 12.2. The summed E-state index contributed by atoms with van der Waals surface area (Å²) < 4.78 is 0. The van der Waals surface area contributed by atoms with Crippen LogP contribution in [0.3, 0.4) is 0 Å². The van der Waals surface area contributed by atoms with Gasteiger partial charge in [-0.15, -0.1) is 0 Å². The molecule has 1 saturated heterocycles. The molecule has 1 aliphatic heterocycles. The minimum Gasteiger partial charge on any atom is -0.389 e. The summed E-state index contributed by atoms with van der Waals surface area (Å²) in [6, 6.07) is 8.79.